The van der Waals surface area contributed by atoms with Crippen molar-refractivity contribution in [2.75, 3.05) is 26.2 Å². The Morgan fingerprint density at radius 2 is 2.00 bits per heavy atom. The van der Waals surface area contributed by atoms with E-state index in [1.165, 1.54) is 0 Å². The minimum atomic E-state index is 0.135. The largest absolute Gasteiger partial charge is 0.361 e. The van der Waals surface area contributed by atoms with Crippen molar-refractivity contribution in [3.05, 3.63) is 50.3 Å². The van der Waals surface area contributed by atoms with E-state index in [2.05, 4.69) is 26.0 Å². The van der Waals surface area contributed by atoms with Gasteiger partial charge in [0.15, 0.2) is 0 Å². The van der Waals surface area contributed by atoms with Crippen LogP contribution in [-0.2, 0) is 17.8 Å². The molecule has 1 saturated heterocycles. The molecule has 1 fully saturated rings. The van der Waals surface area contributed by atoms with Crippen molar-refractivity contribution in [1.82, 2.24) is 15.0 Å². The maximum Gasteiger partial charge on any atom is 0.227 e. The van der Waals surface area contributed by atoms with Crippen LogP contribution in [-0.4, -0.2) is 47.0 Å². The summed E-state index contributed by atoms with van der Waals surface area (Å²) in [5.74, 6) is 0.866. The molecule has 0 aliphatic carbocycles. The third-order valence-corrected chi connectivity index (χ3v) is 5.49. The molecule has 1 aromatic heterocycles. The Balaban J connectivity index is 1.54. The van der Waals surface area contributed by atoms with E-state index in [9.17, 15) is 4.79 Å². The van der Waals surface area contributed by atoms with E-state index in [-0.39, 0.29) is 5.91 Å². The minimum absolute atomic E-state index is 0.135. The van der Waals surface area contributed by atoms with Gasteiger partial charge in [0.25, 0.3) is 0 Å². The van der Waals surface area contributed by atoms with Crippen molar-refractivity contribution in [2.24, 2.45) is 0 Å². The Kier molecular flexibility index (Phi) is 5.81. The molecule has 3 rings (SSSR count). The zero-order chi connectivity index (χ0) is 18.0. The molecule has 1 aliphatic heterocycles. The SMILES string of the molecule is Cc1noc(C)c1CC(=O)N1CCN(Cc2ccc(Br)cc2Cl)CC1. The average Bonchev–Trinajstić information content (AvgIpc) is 2.90. The van der Waals surface area contributed by atoms with Crippen molar-refractivity contribution in [3.63, 3.8) is 0 Å². The topological polar surface area (TPSA) is 49.6 Å². The van der Waals surface area contributed by atoms with Crippen LogP contribution in [0.2, 0.25) is 5.02 Å². The number of piperazine rings is 1. The van der Waals surface area contributed by atoms with Gasteiger partial charge in [-0.3, -0.25) is 9.69 Å². The zero-order valence-corrected chi connectivity index (χ0v) is 16.7. The first-order chi connectivity index (χ1) is 11.9. The molecular weight excluding hydrogens is 406 g/mol. The maximum atomic E-state index is 12.5. The zero-order valence-electron chi connectivity index (χ0n) is 14.4. The van der Waals surface area contributed by atoms with Crippen LogP contribution in [0.15, 0.2) is 27.2 Å². The summed E-state index contributed by atoms with van der Waals surface area (Å²) >= 11 is 9.73. The standard InChI is InChI=1S/C18H21BrClN3O2/c1-12-16(13(2)25-21-12)10-18(24)23-7-5-22(6-8-23)11-14-3-4-15(19)9-17(14)20/h3-4,9H,5-8,10-11H2,1-2H3. The van der Waals surface area contributed by atoms with E-state index in [0.29, 0.717) is 6.42 Å². The molecule has 0 unspecified atom stereocenters. The van der Waals surface area contributed by atoms with Gasteiger partial charge in [0.05, 0.1) is 12.1 Å². The molecule has 0 saturated carbocycles. The molecule has 0 radical (unpaired) electrons. The first-order valence-corrected chi connectivity index (χ1v) is 9.47. The molecule has 2 aromatic rings. The van der Waals surface area contributed by atoms with Gasteiger partial charge in [0, 0.05) is 47.8 Å². The van der Waals surface area contributed by atoms with E-state index in [0.717, 1.165) is 64.8 Å². The fourth-order valence-electron chi connectivity index (χ4n) is 3.06. The predicted octanol–water partition coefficient (Wildman–Crippen LogP) is 3.59. The van der Waals surface area contributed by atoms with E-state index in [1.54, 1.807) is 0 Å². The molecule has 1 aromatic carbocycles. The summed E-state index contributed by atoms with van der Waals surface area (Å²) in [7, 11) is 0. The highest BCUT2D eigenvalue weighted by Gasteiger charge is 2.23. The van der Waals surface area contributed by atoms with Crippen LogP contribution in [0.4, 0.5) is 0 Å². The van der Waals surface area contributed by atoms with Crippen molar-refractivity contribution in [1.29, 1.82) is 0 Å². The summed E-state index contributed by atoms with van der Waals surface area (Å²) in [5, 5.41) is 4.69. The van der Waals surface area contributed by atoms with Gasteiger partial charge in [-0.1, -0.05) is 38.8 Å². The number of carbonyl (C=O) groups is 1. The van der Waals surface area contributed by atoms with Crippen molar-refractivity contribution in [3.8, 4) is 0 Å². The Labute approximate surface area is 161 Å². The van der Waals surface area contributed by atoms with E-state index < -0.39 is 0 Å². The number of nitrogens with zero attached hydrogens (tertiary/aromatic N) is 3. The third-order valence-electron chi connectivity index (χ3n) is 4.64. The second-order valence-corrected chi connectivity index (χ2v) is 7.70. The van der Waals surface area contributed by atoms with Gasteiger partial charge in [-0.05, 0) is 31.5 Å². The monoisotopic (exact) mass is 425 g/mol. The van der Waals surface area contributed by atoms with E-state index in [4.69, 9.17) is 16.1 Å². The number of amides is 1. The second-order valence-electron chi connectivity index (χ2n) is 6.37. The lowest BCUT2D eigenvalue weighted by Crippen LogP contribution is -2.48. The van der Waals surface area contributed by atoms with Crippen molar-refractivity contribution in [2.45, 2.75) is 26.8 Å². The molecule has 134 valence electrons. The van der Waals surface area contributed by atoms with Gasteiger partial charge in [0.2, 0.25) is 5.91 Å². The smallest absolute Gasteiger partial charge is 0.227 e. The molecule has 1 aliphatic rings. The van der Waals surface area contributed by atoms with Gasteiger partial charge < -0.3 is 9.42 Å². The number of carbonyl (C=O) groups excluding carboxylic acids is 1. The van der Waals surface area contributed by atoms with Gasteiger partial charge >= 0.3 is 0 Å². The first-order valence-electron chi connectivity index (χ1n) is 8.30. The lowest BCUT2D eigenvalue weighted by Gasteiger charge is -2.35. The molecule has 0 atom stereocenters. The van der Waals surface area contributed by atoms with Crippen LogP contribution in [0.25, 0.3) is 0 Å². The quantitative estimate of drug-likeness (QED) is 0.749. The Morgan fingerprint density at radius 3 is 2.60 bits per heavy atom. The summed E-state index contributed by atoms with van der Waals surface area (Å²) in [6.07, 6.45) is 0.361. The maximum absolute atomic E-state index is 12.5. The molecule has 7 heteroatoms. The number of hydrogen-bond acceptors (Lipinski definition) is 4. The van der Waals surface area contributed by atoms with Gasteiger partial charge in [0.1, 0.15) is 5.76 Å². The fraction of sp³-hybridized carbons (Fsp3) is 0.444. The highest BCUT2D eigenvalue weighted by atomic mass is 79.9. The van der Waals surface area contributed by atoms with Crippen molar-refractivity contribution >= 4 is 33.4 Å². The lowest BCUT2D eigenvalue weighted by molar-refractivity contribution is -0.132. The molecule has 0 bridgehead atoms. The Morgan fingerprint density at radius 1 is 1.28 bits per heavy atom. The normalized spacial score (nSPS) is 15.6. The lowest BCUT2D eigenvalue weighted by atomic mass is 10.1. The van der Waals surface area contributed by atoms with Crippen molar-refractivity contribution < 1.29 is 9.32 Å². The van der Waals surface area contributed by atoms with Crippen LogP contribution >= 0.6 is 27.5 Å². The summed E-state index contributed by atoms with van der Waals surface area (Å²) in [6.45, 7) is 7.69. The number of rotatable bonds is 4. The molecule has 5 nitrogen and oxygen atoms in total. The summed E-state index contributed by atoms with van der Waals surface area (Å²) in [5.41, 5.74) is 2.82. The Hall–Kier alpha value is -1.37. The van der Waals surface area contributed by atoms with E-state index in [1.807, 2.05) is 36.9 Å². The summed E-state index contributed by atoms with van der Waals surface area (Å²) < 4.78 is 6.12. The number of aromatic nitrogens is 1. The molecule has 0 N–H and O–H groups in total. The highest BCUT2D eigenvalue weighted by Crippen LogP contribution is 2.23. The summed E-state index contributed by atoms with van der Waals surface area (Å²) in [4.78, 5) is 16.8. The number of benzene rings is 1. The molecule has 0 spiro atoms. The second kappa shape index (κ2) is 7.89. The molecule has 2 heterocycles. The van der Waals surface area contributed by atoms with Crippen LogP contribution in [0.3, 0.4) is 0 Å². The number of hydrogen-bond donors (Lipinski definition) is 0. The average molecular weight is 427 g/mol. The molecule has 1 amide bonds. The first kappa shape index (κ1) is 18.4. The highest BCUT2D eigenvalue weighted by molar-refractivity contribution is 9.10. The van der Waals surface area contributed by atoms with Gasteiger partial charge in [-0.15, -0.1) is 0 Å². The van der Waals surface area contributed by atoms with Gasteiger partial charge in [-0.25, -0.2) is 0 Å². The number of halogens is 2. The van der Waals surface area contributed by atoms with Crippen LogP contribution in [0.5, 0.6) is 0 Å². The summed E-state index contributed by atoms with van der Waals surface area (Å²) in [6, 6.07) is 5.96. The molecule has 25 heavy (non-hydrogen) atoms. The Bertz CT molecular complexity index is 750. The minimum Gasteiger partial charge on any atom is -0.361 e. The van der Waals surface area contributed by atoms with Crippen LogP contribution in [0.1, 0.15) is 22.6 Å². The molecular formula is C18H21BrClN3O2. The van der Waals surface area contributed by atoms with Gasteiger partial charge in [-0.2, -0.15) is 0 Å². The third kappa shape index (κ3) is 4.43. The predicted molar refractivity (Wildman–Crippen MR) is 101 cm³/mol. The fourth-order valence-corrected chi connectivity index (χ4v) is 3.80. The van der Waals surface area contributed by atoms with E-state index >= 15 is 0 Å². The van der Waals surface area contributed by atoms with Crippen LogP contribution < -0.4 is 0 Å². The van der Waals surface area contributed by atoms with Crippen LogP contribution in [0, 0.1) is 13.8 Å². The number of aryl methyl sites for hydroxylation is 2.